The fourth-order valence-corrected chi connectivity index (χ4v) is 11.7. The van der Waals surface area contributed by atoms with Gasteiger partial charge in [0.25, 0.3) is 0 Å². The second kappa shape index (κ2) is 27.5. The van der Waals surface area contributed by atoms with E-state index in [0.717, 1.165) is 55.3 Å². The lowest BCUT2D eigenvalue weighted by Gasteiger charge is -2.36. The molecule has 14 heterocycles. The zero-order valence-corrected chi connectivity index (χ0v) is 49.0. The standard InChI is InChI=1S/C21H20FN9O2S.C13H12N6O2S.C10H13FN2.C5H3FIN.C5H11N/c22-13-12-24-4-3-14(13)29-8-5-28(6-9-29)7-10-30-18-16(34-21(30)32)19-25-17(15-2-1-11-33-15)27-31(19)20(23)26-18;1-2-5-18-10-8(22-13(18)20)11-15-9(7-4-3-6-21-7)17-19(11)12(14)16-10;11-9-8-12-5-4-10(9)13-6-2-1-3-7-13;6-4-3-8-2-1-5(4)7;1-2-4-6-5-3-1/h1-4,11-12H,5-10H2,(H2,23,26);3-4,6H,2,5H2,1H3,(H2,14,16);4-5,8H,1-3,6-7H2;1-3H;6H,1-5H2. The Bertz CT molecular complexity index is 3990. The molecule has 3 fully saturated rings. The van der Waals surface area contributed by atoms with Crippen LogP contribution in [0.1, 0.15) is 51.9 Å². The number of nitrogens with zero attached hydrogens (tertiary/aromatic N) is 16. The number of fused-ring (bicyclic) bond motifs is 6. The van der Waals surface area contributed by atoms with Crippen LogP contribution in [0.2, 0.25) is 0 Å². The first kappa shape index (κ1) is 58.3. The maximum atomic E-state index is 14.0. The molecule has 3 saturated heterocycles. The largest absolute Gasteiger partial charge is 0.461 e. The number of aromatic nitrogens is 13. The first-order chi connectivity index (χ1) is 40.4. The lowest BCUT2D eigenvalue weighted by Crippen LogP contribution is -2.47. The summed E-state index contributed by atoms with van der Waals surface area (Å²) in [6.07, 6.45) is 20.3. The summed E-state index contributed by atoms with van der Waals surface area (Å²) in [4.78, 5) is 60.0. The predicted molar refractivity (Wildman–Crippen MR) is 322 cm³/mol. The number of anilines is 4. The van der Waals surface area contributed by atoms with Crippen molar-refractivity contribution in [2.45, 2.75) is 65.0 Å². The number of piperidine rings is 2. The highest BCUT2D eigenvalue weighted by molar-refractivity contribution is 14.1. The van der Waals surface area contributed by atoms with Crippen LogP contribution in [0.15, 0.2) is 111 Å². The molecule has 0 radical (unpaired) electrons. The van der Waals surface area contributed by atoms with Crippen molar-refractivity contribution in [3.63, 3.8) is 0 Å². The molecule has 5 N–H and O–H groups in total. The highest BCUT2D eigenvalue weighted by Crippen LogP contribution is 2.28. The first-order valence-corrected chi connectivity index (χ1v) is 29.7. The van der Waals surface area contributed by atoms with Crippen LogP contribution in [-0.4, -0.2) is 127 Å². The van der Waals surface area contributed by atoms with Crippen LogP contribution in [0.4, 0.5) is 36.4 Å². The van der Waals surface area contributed by atoms with E-state index in [2.05, 4.69) is 60.2 Å². The van der Waals surface area contributed by atoms with Crippen molar-refractivity contribution in [1.82, 2.24) is 73.5 Å². The molecule has 3 aliphatic rings. The SMILES string of the molecule is C1CCNCC1.CCCn1c(=O)sc2c1nc(N)n1nc(-c3ccco3)nc21.Fc1cnccc1I.Fc1cnccc1N1CCCCC1.Nc1nc2c(sc(=O)n2CCN2CCN(c3ccncc3F)CC2)c2nc(-c3ccco3)nn12. The Labute approximate surface area is 494 Å². The summed E-state index contributed by atoms with van der Waals surface area (Å²) in [6.45, 7) is 11.1. The van der Waals surface area contributed by atoms with Gasteiger partial charge in [-0.1, -0.05) is 36.0 Å². The maximum Gasteiger partial charge on any atom is 0.309 e. The van der Waals surface area contributed by atoms with E-state index in [-0.39, 0.29) is 39.1 Å². The molecule has 11 aromatic heterocycles. The molecule has 0 atom stereocenters. The third-order valence-corrected chi connectivity index (χ3v) is 16.4. The smallest absolute Gasteiger partial charge is 0.309 e. The quantitative estimate of drug-likeness (QED) is 0.115. The highest BCUT2D eigenvalue weighted by atomic mass is 127. The zero-order valence-electron chi connectivity index (χ0n) is 45.2. The summed E-state index contributed by atoms with van der Waals surface area (Å²) in [5.41, 5.74) is 15.4. The Morgan fingerprint density at radius 2 is 1.06 bits per heavy atom. The van der Waals surface area contributed by atoms with E-state index in [9.17, 15) is 22.8 Å². The molecule has 0 aromatic carbocycles. The number of rotatable bonds is 9. The summed E-state index contributed by atoms with van der Waals surface area (Å²) < 4.78 is 58.3. The van der Waals surface area contributed by atoms with Crippen LogP contribution in [-0.2, 0) is 13.1 Å². The van der Waals surface area contributed by atoms with Crippen LogP contribution in [0.3, 0.4) is 0 Å². The summed E-state index contributed by atoms with van der Waals surface area (Å²) in [5, 5.41) is 12.0. The summed E-state index contributed by atoms with van der Waals surface area (Å²) in [6, 6.07) is 12.1. The minimum atomic E-state index is -0.314. The van der Waals surface area contributed by atoms with Crippen LogP contribution in [0.25, 0.3) is 55.2 Å². The van der Waals surface area contributed by atoms with Crippen molar-refractivity contribution in [1.29, 1.82) is 0 Å². The number of thiazole rings is 2. The number of nitrogen functional groups attached to an aromatic ring is 2. The first-order valence-electron chi connectivity index (χ1n) is 27.0. The van der Waals surface area contributed by atoms with Crippen molar-refractivity contribution in [3.8, 4) is 23.2 Å². The van der Waals surface area contributed by atoms with Gasteiger partial charge in [-0.15, -0.1) is 10.2 Å². The van der Waals surface area contributed by atoms with Crippen LogP contribution >= 0.6 is 45.3 Å². The average Bonchev–Trinajstić information content (AvgIpc) is 4.57. The van der Waals surface area contributed by atoms with Gasteiger partial charge < -0.3 is 35.4 Å². The number of furan rings is 2. The number of nitrogens with two attached hydrogens (primary N) is 2. The average molecular weight is 1290 g/mol. The van der Waals surface area contributed by atoms with Crippen molar-refractivity contribution < 1.29 is 22.0 Å². The molecule has 0 aliphatic carbocycles. The topological polar surface area (TPSA) is 269 Å². The van der Waals surface area contributed by atoms with Gasteiger partial charge in [0.1, 0.15) is 9.40 Å². The molecule has 3 aliphatic heterocycles. The van der Waals surface area contributed by atoms with Crippen LogP contribution in [0, 0.1) is 21.0 Å². The van der Waals surface area contributed by atoms with Crippen molar-refractivity contribution in [2.75, 3.05) is 80.2 Å². The number of nitrogens with one attached hydrogen (secondary N) is 1. The third kappa shape index (κ3) is 13.8. The molecule has 0 unspecified atom stereocenters. The highest BCUT2D eigenvalue weighted by Gasteiger charge is 2.24. The van der Waals surface area contributed by atoms with E-state index in [4.69, 9.17) is 20.3 Å². The number of pyridine rings is 3. The van der Waals surface area contributed by atoms with Gasteiger partial charge in [0.05, 0.1) is 46.1 Å². The normalized spacial score (nSPS) is 14.6. The van der Waals surface area contributed by atoms with Crippen LogP contribution < -0.4 is 36.3 Å². The van der Waals surface area contributed by atoms with Crippen molar-refractivity contribution in [3.05, 3.63) is 133 Å². The Kier molecular flexibility index (Phi) is 19.3. The zero-order chi connectivity index (χ0) is 57.8. The van der Waals surface area contributed by atoms with E-state index in [0.29, 0.717) is 103 Å². The van der Waals surface area contributed by atoms with E-state index >= 15 is 0 Å². The molecule has 0 amide bonds. The Balaban J connectivity index is 0.000000133. The monoisotopic (exact) mass is 1290 g/mol. The van der Waals surface area contributed by atoms with Gasteiger partial charge in [0, 0.05) is 77.5 Å². The molecule has 14 rings (SSSR count). The fraction of sp³-hybridized carbons (Fsp3) is 0.352. The minimum Gasteiger partial charge on any atom is -0.461 e. The number of aryl methyl sites for hydroxylation is 1. The van der Waals surface area contributed by atoms with E-state index < -0.39 is 0 Å². The molecule has 29 heteroatoms. The van der Waals surface area contributed by atoms with E-state index in [1.165, 1.54) is 79.2 Å². The minimum absolute atomic E-state index is 0.0700. The number of halogens is 4. The molecular formula is C54H59F3IN19O4S2. The molecule has 83 heavy (non-hydrogen) atoms. The molecular weight excluding hydrogens is 1230 g/mol. The van der Waals surface area contributed by atoms with Gasteiger partial charge >= 0.3 is 9.75 Å². The molecule has 23 nitrogen and oxygen atoms in total. The number of hydrogen-bond donors (Lipinski definition) is 3. The van der Waals surface area contributed by atoms with Crippen molar-refractivity contribution in [2.24, 2.45) is 0 Å². The van der Waals surface area contributed by atoms with Crippen LogP contribution in [0.5, 0.6) is 0 Å². The van der Waals surface area contributed by atoms with E-state index in [1.54, 1.807) is 82.7 Å². The van der Waals surface area contributed by atoms with E-state index in [1.807, 2.05) is 34.4 Å². The molecule has 0 spiro atoms. The maximum absolute atomic E-state index is 14.0. The van der Waals surface area contributed by atoms with Crippen molar-refractivity contribution >= 4 is 101 Å². The molecule has 11 aromatic rings. The molecule has 434 valence electrons. The van der Waals surface area contributed by atoms with Gasteiger partial charge in [-0.2, -0.15) is 19.0 Å². The van der Waals surface area contributed by atoms with Gasteiger partial charge in [-0.3, -0.25) is 38.6 Å². The number of hydrogen-bond acceptors (Lipinski definition) is 21. The Hall–Kier alpha value is -7.87. The summed E-state index contributed by atoms with van der Waals surface area (Å²) in [7, 11) is 0. The van der Waals surface area contributed by atoms with Gasteiger partial charge in [0.15, 0.2) is 51.6 Å². The fourth-order valence-electron chi connectivity index (χ4n) is 9.49. The lowest BCUT2D eigenvalue weighted by molar-refractivity contribution is 0.248. The predicted octanol–water partition coefficient (Wildman–Crippen LogP) is 8.25. The Morgan fingerprint density at radius 1 is 0.578 bits per heavy atom. The summed E-state index contributed by atoms with van der Waals surface area (Å²) in [5.74, 6) is 1.40. The van der Waals surface area contributed by atoms with Gasteiger partial charge in [-0.25, -0.2) is 23.1 Å². The lowest BCUT2D eigenvalue weighted by atomic mass is 10.1. The molecule has 0 saturated carbocycles. The van der Waals surface area contributed by atoms with Gasteiger partial charge in [0.2, 0.25) is 23.5 Å². The second-order valence-electron chi connectivity index (χ2n) is 19.2. The third-order valence-electron chi connectivity index (χ3n) is 13.6. The number of piperazine rings is 1. The van der Waals surface area contributed by atoms with Gasteiger partial charge in [-0.05, 0) is 117 Å². The summed E-state index contributed by atoms with van der Waals surface area (Å²) >= 11 is 4.09. The molecule has 0 bridgehead atoms. The second-order valence-corrected chi connectivity index (χ2v) is 22.3. The Morgan fingerprint density at radius 3 is 1.48 bits per heavy atom.